The van der Waals surface area contributed by atoms with Crippen LogP contribution in [0.3, 0.4) is 0 Å². The molecule has 5 nitrogen and oxygen atoms in total. The Morgan fingerprint density at radius 1 is 1.11 bits per heavy atom. The summed E-state index contributed by atoms with van der Waals surface area (Å²) in [5.74, 6) is 0.494. The predicted molar refractivity (Wildman–Crippen MR) is 71.2 cm³/mol. The number of carbonyl (C=O) groups is 1. The molecular formula is C14H20O5. The normalized spacial score (nSPS) is 11.8. The van der Waals surface area contributed by atoms with Crippen molar-refractivity contribution >= 4 is 5.97 Å². The summed E-state index contributed by atoms with van der Waals surface area (Å²) < 4.78 is 15.7. The number of rotatable bonds is 7. The van der Waals surface area contributed by atoms with Gasteiger partial charge >= 0.3 is 5.97 Å². The van der Waals surface area contributed by atoms with Gasteiger partial charge in [0.2, 0.25) is 0 Å². The van der Waals surface area contributed by atoms with Crippen LogP contribution in [-0.2, 0) is 11.2 Å². The van der Waals surface area contributed by atoms with Gasteiger partial charge in [-0.2, -0.15) is 0 Å². The standard InChI is InChI=1S/C14H20O5/c1-5-9(14(15)16)6-10-7-12(18-3)13(19-4)8-11(10)17-2/h7-9H,5-6H2,1-4H3,(H,15,16). The molecule has 0 saturated heterocycles. The molecule has 1 aromatic carbocycles. The van der Waals surface area contributed by atoms with Crippen LogP contribution in [0.4, 0.5) is 0 Å². The van der Waals surface area contributed by atoms with Gasteiger partial charge in [-0.25, -0.2) is 0 Å². The van der Waals surface area contributed by atoms with Gasteiger partial charge in [0, 0.05) is 6.07 Å². The lowest BCUT2D eigenvalue weighted by Crippen LogP contribution is -2.16. The third kappa shape index (κ3) is 3.53. The Morgan fingerprint density at radius 2 is 1.63 bits per heavy atom. The highest BCUT2D eigenvalue weighted by molar-refractivity contribution is 5.70. The molecular weight excluding hydrogens is 248 g/mol. The second-order valence-electron chi connectivity index (χ2n) is 4.17. The number of carboxylic acid groups (broad SMARTS) is 1. The molecule has 106 valence electrons. The average Bonchev–Trinajstić information content (AvgIpc) is 2.43. The highest BCUT2D eigenvalue weighted by Crippen LogP contribution is 2.35. The van der Waals surface area contributed by atoms with Gasteiger partial charge in [-0.15, -0.1) is 0 Å². The zero-order valence-corrected chi connectivity index (χ0v) is 11.7. The fourth-order valence-corrected chi connectivity index (χ4v) is 1.92. The molecule has 0 amide bonds. The summed E-state index contributed by atoms with van der Waals surface area (Å²) in [4.78, 5) is 11.1. The van der Waals surface area contributed by atoms with E-state index in [2.05, 4.69) is 0 Å². The van der Waals surface area contributed by atoms with E-state index in [0.29, 0.717) is 30.1 Å². The van der Waals surface area contributed by atoms with Gasteiger partial charge in [0.25, 0.3) is 0 Å². The molecule has 19 heavy (non-hydrogen) atoms. The SMILES string of the molecule is CCC(Cc1cc(OC)c(OC)cc1OC)C(=O)O. The second kappa shape index (κ2) is 6.87. The quantitative estimate of drug-likeness (QED) is 0.822. The fourth-order valence-electron chi connectivity index (χ4n) is 1.92. The van der Waals surface area contributed by atoms with Gasteiger partial charge in [-0.1, -0.05) is 6.92 Å². The number of benzene rings is 1. The van der Waals surface area contributed by atoms with Gasteiger partial charge in [0.15, 0.2) is 11.5 Å². The fraction of sp³-hybridized carbons (Fsp3) is 0.500. The first-order chi connectivity index (χ1) is 9.07. The van der Waals surface area contributed by atoms with Crippen LogP contribution < -0.4 is 14.2 Å². The van der Waals surface area contributed by atoms with E-state index in [0.717, 1.165) is 5.56 Å². The number of carboxylic acids is 1. The molecule has 0 fully saturated rings. The van der Waals surface area contributed by atoms with E-state index in [1.54, 1.807) is 33.5 Å². The summed E-state index contributed by atoms with van der Waals surface area (Å²) in [5.41, 5.74) is 0.800. The van der Waals surface area contributed by atoms with Crippen molar-refractivity contribution in [2.75, 3.05) is 21.3 Å². The van der Waals surface area contributed by atoms with Crippen molar-refractivity contribution in [1.82, 2.24) is 0 Å². The predicted octanol–water partition coefficient (Wildman–Crippen LogP) is 2.37. The summed E-state index contributed by atoms with van der Waals surface area (Å²) >= 11 is 0. The Morgan fingerprint density at radius 3 is 2.05 bits per heavy atom. The molecule has 0 saturated carbocycles. The van der Waals surface area contributed by atoms with E-state index in [1.165, 1.54) is 0 Å². The Bertz CT molecular complexity index is 442. The number of aliphatic carboxylic acids is 1. The van der Waals surface area contributed by atoms with Crippen molar-refractivity contribution in [3.63, 3.8) is 0 Å². The molecule has 0 aromatic heterocycles. The largest absolute Gasteiger partial charge is 0.496 e. The summed E-state index contributed by atoms with van der Waals surface area (Å²) in [6.07, 6.45) is 0.961. The highest BCUT2D eigenvalue weighted by Gasteiger charge is 2.20. The van der Waals surface area contributed by atoms with Crippen LogP contribution in [0.1, 0.15) is 18.9 Å². The summed E-state index contributed by atoms with van der Waals surface area (Å²) in [5, 5.41) is 9.13. The molecule has 0 aliphatic carbocycles. The molecule has 0 aliphatic heterocycles. The van der Waals surface area contributed by atoms with Gasteiger partial charge in [-0.3, -0.25) is 4.79 Å². The van der Waals surface area contributed by atoms with E-state index in [9.17, 15) is 4.79 Å². The first kappa shape index (κ1) is 15.1. The Balaban J connectivity index is 3.14. The maximum Gasteiger partial charge on any atom is 0.306 e. The summed E-state index contributed by atoms with van der Waals surface area (Å²) in [7, 11) is 4.64. The Hall–Kier alpha value is -1.91. The number of ether oxygens (including phenoxy) is 3. The van der Waals surface area contributed by atoms with E-state index in [-0.39, 0.29) is 0 Å². The lowest BCUT2D eigenvalue weighted by Gasteiger charge is -2.16. The van der Waals surface area contributed by atoms with Gasteiger partial charge in [-0.05, 0) is 24.5 Å². The smallest absolute Gasteiger partial charge is 0.306 e. The minimum atomic E-state index is -0.806. The van der Waals surface area contributed by atoms with Crippen LogP contribution in [0.2, 0.25) is 0 Å². The molecule has 0 spiro atoms. The van der Waals surface area contributed by atoms with Gasteiger partial charge in [0.1, 0.15) is 5.75 Å². The van der Waals surface area contributed by atoms with E-state index in [4.69, 9.17) is 19.3 Å². The molecule has 0 radical (unpaired) electrons. The molecule has 1 atom stereocenters. The monoisotopic (exact) mass is 268 g/mol. The maximum absolute atomic E-state index is 11.1. The molecule has 0 heterocycles. The van der Waals surface area contributed by atoms with Crippen molar-refractivity contribution < 1.29 is 24.1 Å². The van der Waals surface area contributed by atoms with Crippen LogP contribution in [0.15, 0.2) is 12.1 Å². The van der Waals surface area contributed by atoms with Crippen LogP contribution in [0, 0.1) is 5.92 Å². The molecule has 1 rings (SSSR count). The molecule has 1 aromatic rings. The molecule has 0 bridgehead atoms. The van der Waals surface area contributed by atoms with Crippen molar-refractivity contribution in [2.45, 2.75) is 19.8 Å². The average molecular weight is 268 g/mol. The third-order valence-corrected chi connectivity index (χ3v) is 3.09. The summed E-state index contributed by atoms with van der Waals surface area (Å²) in [6, 6.07) is 3.48. The summed E-state index contributed by atoms with van der Waals surface area (Å²) in [6.45, 7) is 1.85. The second-order valence-corrected chi connectivity index (χ2v) is 4.17. The maximum atomic E-state index is 11.1. The van der Waals surface area contributed by atoms with Crippen LogP contribution >= 0.6 is 0 Å². The minimum Gasteiger partial charge on any atom is -0.496 e. The van der Waals surface area contributed by atoms with Crippen molar-refractivity contribution in [1.29, 1.82) is 0 Å². The van der Waals surface area contributed by atoms with Crippen molar-refractivity contribution in [2.24, 2.45) is 5.92 Å². The molecule has 1 N–H and O–H groups in total. The van der Waals surface area contributed by atoms with Crippen LogP contribution in [0.5, 0.6) is 17.2 Å². The molecule has 0 aliphatic rings. The third-order valence-electron chi connectivity index (χ3n) is 3.09. The number of methoxy groups -OCH3 is 3. The van der Waals surface area contributed by atoms with Crippen molar-refractivity contribution in [3.8, 4) is 17.2 Å². The lowest BCUT2D eigenvalue weighted by molar-refractivity contribution is -0.141. The number of hydrogen-bond donors (Lipinski definition) is 1. The first-order valence-corrected chi connectivity index (χ1v) is 6.09. The number of hydrogen-bond acceptors (Lipinski definition) is 4. The van der Waals surface area contributed by atoms with Crippen LogP contribution in [-0.4, -0.2) is 32.4 Å². The van der Waals surface area contributed by atoms with E-state index >= 15 is 0 Å². The van der Waals surface area contributed by atoms with Gasteiger partial charge in [0.05, 0.1) is 27.2 Å². The van der Waals surface area contributed by atoms with Crippen LogP contribution in [0.25, 0.3) is 0 Å². The molecule has 5 heteroatoms. The lowest BCUT2D eigenvalue weighted by atomic mass is 9.96. The zero-order chi connectivity index (χ0) is 14.4. The van der Waals surface area contributed by atoms with Crippen molar-refractivity contribution in [3.05, 3.63) is 17.7 Å². The topological polar surface area (TPSA) is 65.0 Å². The highest BCUT2D eigenvalue weighted by atomic mass is 16.5. The first-order valence-electron chi connectivity index (χ1n) is 6.09. The Labute approximate surface area is 113 Å². The minimum absolute atomic E-state index is 0.398. The van der Waals surface area contributed by atoms with E-state index in [1.807, 2.05) is 6.92 Å². The van der Waals surface area contributed by atoms with E-state index < -0.39 is 11.9 Å². The molecule has 1 unspecified atom stereocenters. The zero-order valence-electron chi connectivity index (χ0n) is 11.7. The van der Waals surface area contributed by atoms with Gasteiger partial charge < -0.3 is 19.3 Å². The Kier molecular flexibility index (Phi) is 5.48.